The van der Waals surface area contributed by atoms with E-state index >= 15 is 0 Å². The molecule has 1 fully saturated rings. The summed E-state index contributed by atoms with van der Waals surface area (Å²) in [5.74, 6) is 0.673. The lowest BCUT2D eigenvalue weighted by Crippen LogP contribution is -2.04. The number of aliphatic hydroxyl groups excluding tert-OH is 1. The molecule has 0 bridgehead atoms. The maximum atomic E-state index is 8.55. The normalized spacial score (nSPS) is 16.4. The van der Waals surface area contributed by atoms with Gasteiger partial charge in [0.15, 0.2) is 0 Å². The van der Waals surface area contributed by atoms with E-state index in [-0.39, 0.29) is 6.61 Å². The van der Waals surface area contributed by atoms with Crippen molar-refractivity contribution in [1.82, 2.24) is 10.2 Å². The van der Waals surface area contributed by atoms with Crippen LogP contribution in [0.2, 0.25) is 0 Å². The molecule has 0 spiro atoms. The molecule has 1 aromatic heterocycles. The van der Waals surface area contributed by atoms with E-state index in [2.05, 4.69) is 15.5 Å². The Morgan fingerprint density at radius 3 is 3.00 bits per heavy atom. The third-order valence-corrected chi connectivity index (χ3v) is 2.80. The molecule has 66 valence electrons. The zero-order valence-electron chi connectivity index (χ0n) is 6.66. The molecule has 5 heteroatoms. The molecule has 0 unspecified atom stereocenters. The van der Waals surface area contributed by atoms with Crippen LogP contribution in [0, 0.1) is 0 Å². The van der Waals surface area contributed by atoms with Gasteiger partial charge in [-0.3, -0.25) is 0 Å². The fourth-order valence-corrected chi connectivity index (χ4v) is 1.90. The zero-order valence-corrected chi connectivity index (χ0v) is 7.47. The van der Waals surface area contributed by atoms with Crippen LogP contribution in [0.1, 0.15) is 23.8 Å². The van der Waals surface area contributed by atoms with Gasteiger partial charge in [0, 0.05) is 12.5 Å². The lowest BCUT2D eigenvalue weighted by atomic mass is 10.5. The minimum Gasteiger partial charge on any atom is -0.395 e. The topological polar surface area (TPSA) is 58.0 Å². The minimum absolute atomic E-state index is 0.137. The second-order valence-corrected chi connectivity index (χ2v) is 3.88. The maximum absolute atomic E-state index is 8.55. The van der Waals surface area contributed by atoms with Crippen LogP contribution in [0.25, 0.3) is 0 Å². The fourth-order valence-electron chi connectivity index (χ4n) is 0.964. The van der Waals surface area contributed by atoms with Crippen LogP contribution in [0.5, 0.6) is 0 Å². The van der Waals surface area contributed by atoms with Gasteiger partial charge in [-0.15, -0.1) is 10.2 Å². The third kappa shape index (κ3) is 1.73. The molecular formula is C7H11N3OS. The van der Waals surface area contributed by atoms with E-state index < -0.39 is 0 Å². The van der Waals surface area contributed by atoms with E-state index in [4.69, 9.17) is 5.11 Å². The summed E-state index contributed by atoms with van der Waals surface area (Å²) in [6, 6.07) is 0. The van der Waals surface area contributed by atoms with Crippen LogP contribution >= 0.6 is 11.3 Å². The first kappa shape index (κ1) is 7.94. The highest BCUT2D eigenvalue weighted by atomic mass is 32.1. The molecular weight excluding hydrogens is 174 g/mol. The highest BCUT2D eigenvalue weighted by molar-refractivity contribution is 7.15. The van der Waals surface area contributed by atoms with E-state index in [1.165, 1.54) is 12.8 Å². The molecule has 4 nitrogen and oxygen atoms in total. The highest BCUT2D eigenvalue weighted by Crippen LogP contribution is 2.41. The number of hydrogen-bond donors (Lipinski definition) is 2. The SMILES string of the molecule is OCCNc1nnc(C2CC2)s1. The molecule has 0 aromatic carbocycles. The highest BCUT2D eigenvalue weighted by Gasteiger charge is 2.27. The van der Waals surface area contributed by atoms with Crippen molar-refractivity contribution in [3.63, 3.8) is 0 Å². The maximum Gasteiger partial charge on any atom is 0.205 e. The minimum atomic E-state index is 0.137. The quantitative estimate of drug-likeness (QED) is 0.729. The lowest BCUT2D eigenvalue weighted by Gasteiger charge is -1.94. The number of aromatic nitrogens is 2. The zero-order chi connectivity index (χ0) is 8.39. The number of nitrogens with one attached hydrogen (secondary N) is 1. The molecule has 1 aliphatic rings. The monoisotopic (exact) mass is 185 g/mol. The average Bonchev–Trinajstić information content (AvgIpc) is 2.83. The Kier molecular flexibility index (Phi) is 2.23. The molecule has 0 aliphatic heterocycles. The predicted octanol–water partition coefficient (Wildman–Crippen LogP) is 0.820. The van der Waals surface area contributed by atoms with Crippen molar-refractivity contribution >= 4 is 16.5 Å². The Balaban J connectivity index is 1.93. The number of nitrogens with zero attached hydrogens (tertiary/aromatic N) is 2. The van der Waals surface area contributed by atoms with E-state index in [1.54, 1.807) is 11.3 Å². The Hall–Kier alpha value is -0.680. The van der Waals surface area contributed by atoms with Crippen molar-refractivity contribution in [2.24, 2.45) is 0 Å². The first-order valence-corrected chi connectivity index (χ1v) is 4.90. The summed E-state index contributed by atoms with van der Waals surface area (Å²) in [6.45, 7) is 0.692. The molecule has 0 radical (unpaired) electrons. The number of rotatable bonds is 4. The van der Waals surface area contributed by atoms with Gasteiger partial charge in [-0.05, 0) is 12.8 Å². The van der Waals surface area contributed by atoms with Crippen molar-refractivity contribution in [3.05, 3.63) is 5.01 Å². The van der Waals surface area contributed by atoms with Crippen LogP contribution in [0.15, 0.2) is 0 Å². The van der Waals surface area contributed by atoms with Gasteiger partial charge >= 0.3 is 0 Å². The summed E-state index contributed by atoms with van der Waals surface area (Å²) in [6.07, 6.45) is 2.52. The Morgan fingerprint density at radius 2 is 2.33 bits per heavy atom. The summed E-state index contributed by atoms with van der Waals surface area (Å²) in [5, 5.41) is 21.5. The largest absolute Gasteiger partial charge is 0.395 e. The van der Waals surface area contributed by atoms with Crippen LogP contribution < -0.4 is 5.32 Å². The van der Waals surface area contributed by atoms with Gasteiger partial charge in [-0.2, -0.15) is 0 Å². The van der Waals surface area contributed by atoms with Gasteiger partial charge in [-0.1, -0.05) is 11.3 Å². The second kappa shape index (κ2) is 3.37. The lowest BCUT2D eigenvalue weighted by molar-refractivity contribution is 0.311. The third-order valence-electron chi connectivity index (χ3n) is 1.76. The van der Waals surface area contributed by atoms with Gasteiger partial charge in [0.05, 0.1) is 6.61 Å². The standard InChI is InChI=1S/C7H11N3OS/c11-4-3-8-7-10-9-6(12-7)5-1-2-5/h5,11H,1-4H2,(H,8,10). The van der Waals surface area contributed by atoms with Crippen molar-refractivity contribution in [2.75, 3.05) is 18.5 Å². The van der Waals surface area contributed by atoms with E-state index in [0.717, 1.165) is 10.1 Å². The molecule has 1 aliphatic carbocycles. The Bertz CT molecular complexity index is 259. The fraction of sp³-hybridized carbons (Fsp3) is 0.714. The molecule has 0 saturated heterocycles. The predicted molar refractivity (Wildman–Crippen MR) is 47.5 cm³/mol. The Morgan fingerprint density at radius 1 is 1.50 bits per heavy atom. The summed E-state index contributed by atoms with van der Waals surface area (Å²) >= 11 is 1.60. The van der Waals surface area contributed by atoms with E-state index in [1.807, 2.05) is 0 Å². The molecule has 1 heterocycles. The van der Waals surface area contributed by atoms with Gasteiger partial charge in [0.2, 0.25) is 5.13 Å². The van der Waals surface area contributed by atoms with Crippen molar-refractivity contribution < 1.29 is 5.11 Å². The van der Waals surface area contributed by atoms with Crippen LogP contribution in [-0.2, 0) is 0 Å². The Labute approximate surface area is 74.6 Å². The molecule has 0 atom stereocenters. The number of hydrogen-bond acceptors (Lipinski definition) is 5. The van der Waals surface area contributed by atoms with Crippen LogP contribution in [0.3, 0.4) is 0 Å². The van der Waals surface area contributed by atoms with Crippen molar-refractivity contribution in [2.45, 2.75) is 18.8 Å². The van der Waals surface area contributed by atoms with Gasteiger partial charge < -0.3 is 10.4 Å². The summed E-state index contributed by atoms with van der Waals surface area (Å²) in [5.41, 5.74) is 0. The van der Waals surface area contributed by atoms with Crippen LogP contribution in [0.4, 0.5) is 5.13 Å². The van der Waals surface area contributed by atoms with Crippen molar-refractivity contribution in [1.29, 1.82) is 0 Å². The van der Waals surface area contributed by atoms with Gasteiger partial charge in [0.25, 0.3) is 0 Å². The van der Waals surface area contributed by atoms with Crippen LogP contribution in [-0.4, -0.2) is 28.5 Å². The second-order valence-electron chi connectivity index (χ2n) is 2.87. The first-order valence-electron chi connectivity index (χ1n) is 4.08. The van der Waals surface area contributed by atoms with Crippen molar-refractivity contribution in [3.8, 4) is 0 Å². The van der Waals surface area contributed by atoms with Gasteiger partial charge in [-0.25, -0.2) is 0 Å². The molecule has 2 N–H and O–H groups in total. The molecule has 1 aromatic rings. The molecule has 0 amide bonds. The summed E-state index contributed by atoms with van der Waals surface area (Å²) in [7, 11) is 0. The van der Waals surface area contributed by atoms with E-state index in [0.29, 0.717) is 12.5 Å². The molecule has 1 saturated carbocycles. The number of aliphatic hydroxyl groups is 1. The summed E-state index contributed by atoms with van der Waals surface area (Å²) < 4.78 is 0. The average molecular weight is 185 g/mol. The molecule has 12 heavy (non-hydrogen) atoms. The molecule has 2 rings (SSSR count). The van der Waals surface area contributed by atoms with E-state index in [9.17, 15) is 0 Å². The smallest absolute Gasteiger partial charge is 0.205 e. The summed E-state index contributed by atoms with van der Waals surface area (Å²) in [4.78, 5) is 0. The first-order chi connectivity index (χ1) is 5.90. The van der Waals surface area contributed by atoms with Gasteiger partial charge in [0.1, 0.15) is 5.01 Å². The number of anilines is 1.